The molecule has 0 atom stereocenters. The highest BCUT2D eigenvalue weighted by molar-refractivity contribution is 5.90. The molecule has 0 aliphatic heterocycles. The Kier molecular flexibility index (Phi) is 4.99. The SMILES string of the molecule is Cc1cc(-c2cc(Cc3cccc(C(F)(F)F)c3)ccn2)ccc1C(=O)O. The number of benzene rings is 2. The van der Waals surface area contributed by atoms with Crippen molar-refractivity contribution in [1.82, 2.24) is 4.98 Å². The van der Waals surface area contributed by atoms with Crippen LogP contribution in [-0.2, 0) is 12.6 Å². The molecular weight excluding hydrogens is 355 g/mol. The predicted molar refractivity (Wildman–Crippen MR) is 95.6 cm³/mol. The number of carboxylic acid groups (broad SMARTS) is 1. The summed E-state index contributed by atoms with van der Waals surface area (Å²) >= 11 is 0. The second kappa shape index (κ2) is 7.23. The lowest BCUT2D eigenvalue weighted by Gasteiger charge is -2.10. The zero-order valence-electron chi connectivity index (χ0n) is 14.4. The van der Waals surface area contributed by atoms with Gasteiger partial charge in [-0.2, -0.15) is 13.2 Å². The van der Waals surface area contributed by atoms with Crippen molar-refractivity contribution in [1.29, 1.82) is 0 Å². The Morgan fingerprint density at radius 1 is 1.04 bits per heavy atom. The maximum Gasteiger partial charge on any atom is 0.416 e. The Morgan fingerprint density at radius 2 is 1.78 bits per heavy atom. The molecule has 1 aromatic heterocycles. The van der Waals surface area contributed by atoms with Gasteiger partial charge in [0.05, 0.1) is 16.8 Å². The summed E-state index contributed by atoms with van der Waals surface area (Å²) in [4.78, 5) is 15.4. The number of aromatic carboxylic acids is 1. The zero-order valence-corrected chi connectivity index (χ0v) is 14.4. The molecular formula is C21H16F3NO2. The van der Waals surface area contributed by atoms with E-state index in [9.17, 15) is 18.0 Å². The third-order valence-corrected chi connectivity index (χ3v) is 4.24. The van der Waals surface area contributed by atoms with Crippen molar-refractivity contribution < 1.29 is 23.1 Å². The molecule has 2 aromatic carbocycles. The van der Waals surface area contributed by atoms with E-state index in [1.165, 1.54) is 12.1 Å². The maximum absolute atomic E-state index is 12.9. The van der Waals surface area contributed by atoms with Gasteiger partial charge in [-0.05, 0) is 60.4 Å². The molecule has 3 aromatic rings. The third-order valence-electron chi connectivity index (χ3n) is 4.24. The standard InChI is InChI=1S/C21H16F3NO2/c1-13-9-16(5-6-18(13)20(26)27)19-12-15(7-8-25-19)10-14-3-2-4-17(11-14)21(22,23)24/h2-9,11-12H,10H2,1H3,(H,26,27). The first-order valence-electron chi connectivity index (χ1n) is 8.19. The van der Waals surface area contributed by atoms with Gasteiger partial charge in [-0.3, -0.25) is 4.98 Å². The Bertz CT molecular complexity index is 997. The summed E-state index contributed by atoms with van der Waals surface area (Å²) in [5.41, 5.74) is 2.93. The van der Waals surface area contributed by atoms with E-state index < -0.39 is 17.7 Å². The number of rotatable bonds is 4. The Labute approximate surface area is 154 Å². The van der Waals surface area contributed by atoms with Gasteiger partial charge in [0, 0.05) is 11.8 Å². The summed E-state index contributed by atoms with van der Waals surface area (Å²) < 4.78 is 38.6. The van der Waals surface area contributed by atoms with E-state index in [1.807, 2.05) is 0 Å². The smallest absolute Gasteiger partial charge is 0.416 e. The van der Waals surface area contributed by atoms with Crippen molar-refractivity contribution >= 4 is 5.97 Å². The predicted octanol–water partition coefficient (Wildman–Crippen LogP) is 5.36. The molecule has 1 N–H and O–H groups in total. The first-order valence-corrected chi connectivity index (χ1v) is 8.19. The normalized spacial score (nSPS) is 11.4. The highest BCUT2D eigenvalue weighted by atomic mass is 19.4. The molecule has 0 saturated heterocycles. The number of hydrogen-bond acceptors (Lipinski definition) is 2. The number of alkyl halides is 3. The summed E-state index contributed by atoms with van der Waals surface area (Å²) in [6.07, 6.45) is -2.44. The Hall–Kier alpha value is -3.15. The molecule has 0 spiro atoms. The fourth-order valence-corrected chi connectivity index (χ4v) is 2.90. The fraction of sp³-hybridized carbons (Fsp3) is 0.143. The van der Waals surface area contributed by atoms with Gasteiger partial charge in [-0.25, -0.2) is 4.79 Å². The minimum Gasteiger partial charge on any atom is -0.478 e. The monoisotopic (exact) mass is 371 g/mol. The molecule has 1 heterocycles. The van der Waals surface area contributed by atoms with Crippen LogP contribution in [0.1, 0.15) is 32.6 Å². The van der Waals surface area contributed by atoms with Crippen LogP contribution in [0, 0.1) is 6.92 Å². The third kappa shape index (κ3) is 4.34. The molecule has 0 unspecified atom stereocenters. The topological polar surface area (TPSA) is 50.2 Å². The van der Waals surface area contributed by atoms with E-state index in [-0.39, 0.29) is 5.56 Å². The summed E-state index contributed by atoms with van der Waals surface area (Å²) in [5, 5.41) is 9.12. The van der Waals surface area contributed by atoms with Crippen LogP contribution in [0.25, 0.3) is 11.3 Å². The van der Waals surface area contributed by atoms with Crippen molar-refractivity contribution in [2.75, 3.05) is 0 Å². The maximum atomic E-state index is 12.9. The van der Waals surface area contributed by atoms with E-state index in [2.05, 4.69) is 4.98 Å². The summed E-state index contributed by atoms with van der Waals surface area (Å²) in [5.74, 6) is -0.995. The molecule has 0 amide bonds. The number of nitrogens with zero attached hydrogens (tertiary/aromatic N) is 1. The number of pyridine rings is 1. The minimum absolute atomic E-state index is 0.221. The highest BCUT2D eigenvalue weighted by Gasteiger charge is 2.30. The molecule has 0 fully saturated rings. The second-order valence-electron chi connectivity index (χ2n) is 6.26. The van der Waals surface area contributed by atoms with Crippen LogP contribution in [0.2, 0.25) is 0 Å². The molecule has 27 heavy (non-hydrogen) atoms. The van der Waals surface area contributed by atoms with Crippen molar-refractivity contribution in [3.8, 4) is 11.3 Å². The Balaban J connectivity index is 1.89. The lowest BCUT2D eigenvalue weighted by Crippen LogP contribution is -2.05. The molecule has 3 rings (SSSR count). The zero-order chi connectivity index (χ0) is 19.6. The first kappa shape index (κ1) is 18.6. The molecule has 0 radical (unpaired) electrons. The largest absolute Gasteiger partial charge is 0.478 e. The lowest BCUT2D eigenvalue weighted by molar-refractivity contribution is -0.137. The van der Waals surface area contributed by atoms with Gasteiger partial charge in [0.25, 0.3) is 0 Å². The van der Waals surface area contributed by atoms with Crippen LogP contribution in [0.15, 0.2) is 60.8 Å². The van der Waals surface area contributed by atoms with Crippen molar-refractivity contribution in [3.63, 3.8) is 0 Å². The van der Waals surface area contributed by atoms with E-state index >= 15 is 0 Å². The van der Waals surface area contributed by atoms with E-state index in [0.29, 0.717) is 23.2 Å². The van der Waals surface area contributed by atoms with Gasteiger partial charge in [0.2, 0.25) is 0 Å². The summed E-state index contributed by atoms with van der Waals surface area (Å²) in [6, 6.07) is 13.7. The Morgan fingerprint density at radius 3 is 2.44 bits per heavy atom. The van der Waals surface area contributed by atoms with Gasteiger partial charge in [-0.1, -0.05) is 24.3 Å². The number of hydrogen-bond donors (Lipinski definition) is 1. The summed E-state index contributed by atoms with van der Waals surface area (Å²) in [6.45, 7) is 1.71. The van der Waals surface area contributed by atoms with Crippen molar-refractivity contribution in [2.45, 2.75) is 19.5 Å². The van der Waals surface area contributed by atoms with Gasteiger partial charge in [-0.15, -0.1) is 0 Å². The number of aromatic nitrogens is 1. The molecule has 138 valence electrons. The molecule has 0 saturated carbocycles. The number of carboxylic acids is 1. The lowest BCUT2D eigenvalue weighted by atomic mass is 9.99. The van der Waals surface area contributed by atoms with E-state index in [4.69, 9.17) is 5.11 Å². The fourth-order valence-electron chi connectivity index (χ4n) is 2.90. The van der Waals surface area contributed by atoms with Crippen LogP contribution < -0.4 is 0 Å². The second-order valence-corrected chi connectivity index (χ2v) is 6.26. The minimum atomic E-state index is -4.37. The van der Waals surface area contributed by atoms with Gasteiger partial charge >= 0.3 is 12.1 Å². The van der Waals surface area contributed by atoms with Gasteiger partial charge in [0.1, 0.15) is 0 Å². The highest BCUT2D eigenvalue weighted by Crippen LogP contribution is 2.30. The quantitative estimate of drug-likeness (QED) is 0.671. The van der Waals surface area contributed by atoms with E-state index in [0.717, 1.165) is 23.3 Å². The van der Waals surface area contributed by atoms with Crippen molar-refractivity contribution in [3.05, 3.63) is 88.6 Å². The first-order chi connectivity index (χ1) is 12.7. The van der Waals surface area contributed by atoms with Crippen LogP contribution in [-0.4, -0.2) is 16.1 Å². The van der Waals surface area contributed by atoms with Crippen LogP contribution in [0.4, 0.5) is 13.2 Å². The molecule has 0 bridgehead atoms. The van der Waals surface area contributed by atoms with Gasteiger partial charge < -0.3 is 5.11 Å². The molecule has 0 aliphatic carbocycles. The van der Waals surface area contributed by atoms with Crippen LogP contribution in [0.5, 0.6) is 0 Å². The average Bonchev–Trinajstić information content (AvgIpc) is 2.61. The van der Waals surface area contributed by atoms with Crippen molar-refractivity contribution in [2.24, 2.45) is 0 Å². The number of halogens is 3. The molecule has 6 heteroatoms. The number of carbonyl (C=O) groups is 1. The number of aryl methyl sites for hydroxylation is 1. The van der Waals surface area contributed by atoms with Gasteiger partial charge in [0.15, 0.2) is 0 Å². The van der Waals surface area contributed by atoms with E-state index in [1.54, 1.807) is 43.5 Å². The molecule has 3 nitrogen and oxygen atoms in total. The average molecular weight is 371 g/mol. The van der Waals surface area contributed by atoms with Crippen LogP contribution in [0.3, 0.4) is 0 Å². The molecule has 0 aliphatic rings. The van der Waals surface area contributed by atoms with Crippen LogP contribution >= 0.6 is 0 Å². The summed E-state index contributed by atoms with van der Waals surface area (Å²) in [7, 11) is 0.